The molecule has 0 saturated heterocycles. The Kier molecular flexibility index (Phi) is 2.51. The molecule has 2 rings (SSSR count). The third-order valence-corrected chi connectivity index (χ3v) is 2.34. The molecule has 1 atom stereocenters. The third-order valence-electron chi connectivity index (χ3n) is 2.34. The fourth-order valence-corrected chi connectivity index (χ4v) is 1.60. The van der Waals surface area contributed by atoms with Crippen LogP contribution >= 0.6 is 0 Å². The van der Waals surface area contributed by atoms with Crippen molar-refractivity contribution in [2.75, 3.05) is 12.1 Å². The Morgan fingerprint density at radius 2 is 2.00 bits per heavy atom. The van der Waals surface area contributed by atoms with Gasteiger partial charge in [0, 0.05) is 6.04 Å². The van der Waals surface area contributed by atoms with Crippen molar-refractivity contribution in [3.05, 3.63) is 36.2 Å². The summed E-state index contributed by atoms with van der Waals surface area (Å²) in [6, 6.07) is 8.02. The van der Waals surface area contributed by atoms with E-state index < -0.39 is 0 Å². The lowest BCUT2D eigenvalue weighted by Crippen LogP contribution is -2.37. The van der Waals surface area contributed by atoms with Gasteiger partial charge in [-0.25, -0.2) is 5.43 Å². The lowest BCUT2D eigenvalue weighted by molar-refractivity contribution is 0.415. The number of nitrogens with zero attached hydrogens (tertiary/aromatic N) is 1. The summed E-state index contributed by atoms with van der Waals surface area (Å²) in [5, 5.41) is 1.87. The molecular weight excluding hydrogens is 190 g/mol. The van der Waals surface area contributed by atoms with E-state index >= 15 is 0 Å². The molecule has 1 aromatic carbocycles. The smallest absolute Gasteiger partial charge is 0.119 e. The molecule has 0 saturated carbocycles. The molecular formula is C11H15N3O. The van der Waals surface area contributed by atoms with Crippen LogP contribution in [0, 0.1) is 0 Å². The Hall–Kier alpha value is -1.68. The molecule has 0 aliphatic carbocycles. The van der Waals surface area contributed by atoms with E-state index in [0.29, 0.717) is 0 Å². The van der Waals surface area contributed by atoms with Gasteiger partial charge in [0.15, 0.2) is 0 Å². The zero-order chi connectivity index (χ0) is 10.8. The highest BCUT2D eigenvalue weighted by atomic mass is 16.5. The molecule has 0 fully saturated rings. The lowest BCUT2D eigenvalue weighted by atomic mass is 10.3. The predicted molar refractivity (Wildman–Crippen MR) is 60.3 cm³/mol. The Bertz CT molecular complexity index is 372. The monoisotopic (exact) mass is 205 g/mol. The molecule has 1 unspecified atom stereocenters. The fourth-order valence-electron chi connectivity index (χ4n) is 1.60. The summed E-state index contributed by atoms with van der Waals surface area (Å²) in [5.41, 5.74) is 10.1. The maximum Gasteiger partial charge on any atom is 0.119 e. The van der Waals surface area contributed by atoms with Gasteiger partial charge < -0.3 is 10.5 Å². The first kappa shape index (κ1) is 9.86. The summed E-state index contributed by atoms with van der Waals surface area (Å²) in [4.78, 5) is 0. The van der Waals surface area contributed by atoms with Crippen molar-refractivity contribution >= 4 is 5.69 Å². The van der Waals surface area contributed by atoms with Gasteiger partial charge in [0.25, 0.3) is 0 Å². The van der Waals surface area contributed by atoms with E-state index in [1.165, 1.54) is 0 Å². The molecule has 1 heterocycles. The highest BCUT2D eigenvalue weighted by Crippen LogP contribution is 2.22. The number of anilines is 1. The SMILES string of the molecule is COc1ccc(N2NC(C)C=C2N)cc1. The first-order chi connectivity index (χ1) is 7.20. The van der Waals surface area contributed by atoms with Crippen LogP contribution in [0.3, 0.4) is 0 Å². The van der Waals surface area contributed by atoms with Gasteiger partial charge in [-0.2, -0.15) is 0 Å². The van der Waals surface area contributed by atoms with Gasteiger partial charge >= 0.3 is 0 Å². The molecule has 0 aromatic heterocycles. The van der Waals surface area contributed by atoms with E-state index in [9.17, 15) is 0 Å². The maximum absolute atomic E-state index is 5.87. The number of nitrogens with two attached hydrogens (primary N) is 1. The first-order valence-electron chi connectivity index (χ1n) is 4.88. The average molecular weight is 205 g/mol. The first-order valence-corrected chi connectivity index (χ1v) is 4.88. The molecule has 0 radical (unpaired) electrons. The largest absolute Gasteiger partial charge is 0.497 e. The van der Waals surface area contributed by atoms with Crippen LogP contribution in [-0.4, -0.2) is 13.2 Å². The van der Waals surface area contributed by atoms with Gasteiger partial charge in [0.2, 0.25) is 0 Å². The van der Waals surface area contributed by atoms with Crippen molar-refractivity contribution in [3.63, 3.8) is 0 Å². The molecule has 1 aromatic rings. The predicted octanol–water partition coefficient (Wildman–Crippen LogP) is 1.21. The van der Waals surface area contributed by atoms with Crippen molar-refractivity contribution in [2.24, 2.45) is 5.73 Å². The van der Waals surface area contributed by atoms with Gasteiger partial charge in [-0.15, -0.1) is 0 Å². The van der Waals surface area contributed by atoms with Crippen LogP contribution in [0.15, 0.2) is 36.2 Å². The summed E-state index contributed by atoms with van der Waals surface area (Å²) in [5.74, 6) is 1.57. The van der Waals surface area contributed by atoms with Crippen molar-refractivity contribution < 1.29 is 4.74 Å². The van der Waals surface area contributed by atoms with E-state index in [1.54, 1.807) is 7.11 Å². The Labute approximate surface area is 89.3 Å². The standard InChI is InChI=1S/C11H15N3O/c1-8-7-11(12)14(13-8)9-3-5-10(15-2)6-4-9/h3-8,13H,12H2,1-2H3. The van der Waals surface area contributed by atoms with E-state index in [2.05, 4.69) is 12.3 Å². The van der Waals surface area contributed by atoms with Crippen LogP contribution < -0.4 is 20.9 Å². The summed E-state index contributed by atoms with van der Waals surface area (Å²) >= 11 is 0. The topological polar surface area (TPSA) is 50.5 Å². The highest BCUT2D eigenvalue weighted by Gasteiger charge is 2.18. The average Bonchev–Trinajstić information content (AvgIpc) is 2.58. The molecule has 1 aliphatic rings. The zero-order valence-corrected chi connectivity index (χ0v) is 8.90. The Morgan fingerprint density at radius 1 is 1.33 bits per heavy atom. The van der Waals surface area contributed by atoms with Gasteiger partial charge in [0.05, 0.1) is 12.8 Å². The van der Waals surface area contributed by atoms with Crippen LogP contribution in [-0.2, 0) is 0 Å². The van der Waals surface area contributed by atoms with Gasteiger partial charge in [-0.1, -0.05) is 0 Å². The van der Waals surface area contributed by atoms with Crippen LogP contribution in [0.1, 0.15) is 6.92 Å². The van der Waals surface area contributed by atoms with Crippen LogP contribution in [0.2, 0.25) is 0 Å². The number of rotatable bonds is 2. The lowest BCUT2D eigenvalue weighted by Gasteiger charge is -2.21. The van der Waals surface area contributed by atoms with Gasteiger partial charge in [0.1, 0.15) is 11.6 Å². The van der Waals surface area contributed by atoms with E-state index in [4.69, 9.17) is 10.5 Å². The van der Waals surface area contributed by atoms with Crippen molar-refractivity contribution in [2.45, 2.75) is 13.0 Å². The second-order valence-electron chi connectivity index (χ2n) is 3.54. The molecule has 0 bridgehead atoms. The molecule has 1 aliphatic heterocycles. The summed E-state index contributed by atoms with van der Waals surface area (Å²) in [6.45, 7) is 2.05. The van der Waals surface area contributed by atoms with Gasteiger partial charge in [-0.3, -0.25) is 5.01 Å². The number of methoxy groups -OCH3 is 1. The highest BCUT2D eigenvalue weighted by molar-refractivity contribution is 5.53. The van der Waals surface area contributed by atoms with Crippen LogP contribution in [0.4, 0.5) is 5.69 Å². The zero-order valence-electron chi connectivity index (χ0n) is 8.90. The summed E-state index contributed by atoms with van der Waals surface area (Å²) < 4.78 is 5.09. The Balaban J connectivity index is 2.20. The number of hydrazine groups is 1. The molecule has 3 N–H and O–H groups in total. The van der Waals surface area contributed by atoms with Crippen LogP contribution in [0.5, 0.6) is 5.75 Å². The van der Waals surface area contributed by atoms with E-state index in [-0.39, 0.29) is 6.04 Å². The molecule has 15 heavy (non-hydrogen) atoms. The van der Waals surface area contributed by atoms with E-state index in [1.807, 2.05) is 35.4 Å². The summed E-state index contributed by atoms with van der Waals surface area (Å²) in [6.07, 6.45) is 1.98. The second-order valence-corrected chi connectivity index (χ2v) is 3.54. The Morgan fingerprint density at radius 3 is 2.47 bits per heavy atom. The maximum atomic E-state index is 5.87. The molecule has 0 amide bonds. The van der Waals surface area contributed by atoms with Crippen molar-refractivity contribution in [1.82, 2.24) is 5.43 Å². The minimum Gasteiger partial charge on any atom is -0.497 e. The number of hydrogen-bond acceptors (Lipinski definition) is 4. The normalized spacial score (nSPS) is 20.3. The number of ether oxygens (including phenoxy) is 1. The van der Waals surface area contributed by atoms with Crippen molar-refractivity contribution in [1.29, 1.82) is 0 Å². The van der Waals surface area contributed by atoms with Crippen LogP contribution in [0.25, 0.3) is 0 Å². The second kappa shape index (κ2) is 3.82. The molecule has 4 nitrogen and oxygen atoms in total. The molecule has 80 valence electrons. The number of benzene rings is 1. The fraction of sp³-hybridized carbons (Fsp3) is 0.273. The third kappa shape index (κ3) is 1.89. The molecule has 0 spiro atoms. The number of hydrogen-bond donors (Lipinski definition) is 2. The summed E-state index contributed by atoms with van der Waals surface area (Å²) in [7, 11) is 1.65. The minimum atomic E-state index is 0.270. The molecule has 4 heteroatoms. The quantitative estimate of drug-likeness (QED) is 0.762. The number of nitrogens with one attached hydrogen (secondary N) is 1. The minimum absolute atomic E-state index is 0.270. The van der Waals surface area contributed by atoms with Crippen molar-refractivity contribution in [3.8, 4) is 5.75 Å². The van der Waals surface area contributed by atoms with Gasteiger partial charge in [-0.05, 0) is 37.3 Å². The van der Waals surface area contributed by atoms with E-state index in [0.717, 1.165) is 17.3 Å².